The Balaban J connectivity index is 0.00000120. The molecule has 0 unspecified atom stereocenters. The Morgan fingerprint density at radius 2 is 1.83 bits per heavy atom. The molecule has 0 aliphatic carbocycles. The number of thiophene rings is 1. The van der Waals surface area contributed by atoms with Gasteiger partial charge in [-0.05, 0) is 23.6 Å². The number of para-hydroxylation sites is 1. The summed E-state index contributed by atoms with van der Waals surface area (Å²) in [5.74, 6) is 0. The lowest BCUT2D eigenvalue weighted by Crippen LogP contribution is -2.11. The molecule has 2 heterocycles. The first-order valence-electron chi connectivity index (χ1n) is 5.49. The van der Waals surface area contributed by atoms with Gasteiger partial charge in [0.25, 0.3) is 0 Å². The van der Waals surface area contributed by atoms with Gasteiger partial charge in [0.05, 0.1) is 17.3 Å². The maximum absolute atomic E-state index is 6.20. The summed E-state index contributed by atoms with van der Waals surface area (Å²) in [6.45, 7) is 0. The highest BCUT2D eigenvalue weighted by molar-refractivity contribution is 7.10. The van der Waals surface area contributed by atoms with Gasteiger partial charge in [-0.25, -0.2) is 0 Å². The molecule has 2 N–H and O–H groups in total. The van der Waals surface area contributed by atoms with Crippen molar-refractivity contribution in [2.24, 2.45) is 5.73 Å². The van der Waals surface area contributed by atoms with Gasteiger partial charge in [-0.2, -0.15) is 0 Å². The molecule has 2 aromatic heterocycles. The number of pyridine rings is 1. The van der Waals surface area contributed by atoms with E-state index < -0.39 is 0 Å². The first kappa shape index (κ1) is 13.0. The lowest BCUT2D eigenvalue weighted by Gasteiger charge is -2.09. The Labute approximate surface area is 116 Å². The third kappa shape index (κ3) is 2.38. The molecule has 0 saturated heterocycles. The maximum Gasteiger partial charge on any atom is 0.0820 e. The average Bonchev–Trinajstić information content (AvgIpc) is 2.91. The average molecular weight is 277 g/mol. The number of halogens is 1. The standard InChI is InChI=1S/C14H12N2S.ClH/c15-14(13-6-3-9-17-13)12-8-7-10-4-1-2-5-11(10)16-12;/h1-9,14H,15H2;1H/t14-;/m1./s1. The van der Waals surface area contributed by atoms with E-state index in [-0.39, 0.29) is 18.4 Å². The van der Waals surface area contributed by atoms with E-state index in [2.05, 4.69) is 17.1 Å². The molecular formula is C14H13ClN2S. The van der Waals surface area contributed by atoms with Crippen LogP contribution < -0.4 is 5.73 Å². The predicted molar refractivity (Wildman–Crippen MR) is 79.3 cm³/mol. The van der Waals surface area contributed by atoms with Crippen LogP contribution in [0.5, 0.6) is 0 Å². The van der Waals surface area contributed by atoms with Crippen LogP contribution in [0.3, 0.4) is 0 Å². The molecule has 1 atom stereocenters. The van der Waals surface area contributed by atoms with Crippen molar-refractivity contribution in [2.45, 2.75) is 6.04 Å². The smallest absolute Gasteiger partial charge is 0.0820 e. The molecule has 0 radical (unpaired) electrons. The molecule has 0 aliphatic heterocycles. The minimum absolute atomic E-state index is 0. The van der Waals surface area contributed by atoms with Gasteiger partial charge < -0.3 is 5.73 Å². The second-order valence-electron chi connectivity index (χ2n) is 3.92. The molecule has 0 aliphatic rings. The second kappa shape index (κ2) is 5.48. The summed E-state index contributed by atoms with van der Waals surface area (Å²) in [6.07, 6.45) is 0. The van der Waals surface area contributed by atoms with Crippen LogP contribution in [0.1, 0.15) is 16.6 Å². The monoisotopic (exact) mass is 276 g/mol. The molecule has 0 fully saturated rings. The van der Waals surface area contributed by atoms with Crippen molar-refractivity contribution in [3.05, 3.63) is 64.5 Å². The summed E-state index contributed by atoms with van der Waals surface area (Å²) >= 11 is 1.67. The van der Waals surface area contributed by atoms with Crippen molar-refractivity contribution in [3.8, 4) is 0 Å². The Kier molecular flexibility index (Phi) is 3.97. The van der Waals surface area contributed by atoms with Crippen molar-refractivity contribution >= 4 is 34.6 Å². The van der Waals surface area contributed by atoms with Crippen LogP contribution >= 0.6 is 23.7 Å². The number of nitrogens with two attached hydrogens (primary N) is 1. The van der Waals surface area contributed by atoms with Crippen LogP contribution in [-0.2, 0) is 0 Å². The molecule has 3 aromatic rings. The SMILES string of the molecule is Cl.N[C@H](c1ccc2ccccc2n1)c1cccs1. The lowest BCUT2D eigenvalue weighted by molar-refractivity contribution is 0.855. The quantitative estimate of drug-likeness (QED) is 0.774. The van der Waals surface area contributed by atoms with Gasteiger partial charge in [0.2, 0.25) is 0 Å². The zero-order chi connectivity index (χ0) is 11.7. The number of hydrogen-bond donors (Lipinski definition) is 1. The van der Waals surface area contributed by atoms with Crippen molar-refractivity contribution < 1.29 is 0 Å². The lowest BCUT2D eigenvalue weighted by atomic mass is 10.1. The van der Waals surface area contributed by atoms with E-state index >= 15 is 0 Å². The molecule has 4 heteroatoms. The number of fused-ring (bicyclic) bond motifs is 1. The third-order valence-corrected chi connectivity index (χ3v) is 3.74. The normalized spacial score (nSPS) is 12.1. The topological polar surface area (TPSA) is 38.9 Å². The van der Waals surface area contributed by atoms with E-state index in [4.69, 9.17) is 5.73 Å². The van der Waals surface area contributed by atoms with Gasteiger partial charge in [0.15, 0.2) is 0 Å². The molecule has 1 aromatic carbocycles. The minimum atomic E-state index is -0.125. The van der Waals surface area contributed by atoms with E-state index in [0.29, 0.717) is 0 Å². The molecule has 2 nitrogen and oxygen atoms in total. The van der Waals surface area contributed by atoms with E-state index in [1.54, 1.807) is 11.3 Å². The van der Waals surface area contributed by atoms with Gasteiger partial charge in [0, 0.05) is 10.3 Å². The van der Waals surface area contributed by atoms with E-state index in [0.717, 1.165) is 21.5 Å². The molecule has 18 heavy (non-hydrogen) atoms. The number of rotatable bonds is 2. The second-order valence-corrected chi connectivity index (χ2v) is 4.90. The molecule has 0 saturated carbocycles. The van der Waals surface area contributed by atoms with Crippen molar-refractivity contribution in [3.63, 3.8) is 0 Å². The predicted octanol–water partition coefficient (Wildman–Crippen LogP) is 3.77. The number of nitrogens with zero attached hydrogens (tertiary/aromatic N) is 1. The van der Waals surface area contributed by atoms with Crippen molar-refractivity contribution in [2.75, 3.05) is 0 Å². The van der Waals surface area contributed by atoms with Crippen LogP contribution in [0.15, 0.2) is 53.9 Å². The highest BCUT2D eigenvalue weighted by atomic mass is 35.5. The first-order chi connectivity index (χ1) is 8.34. The van der Waals surface area contributed by atoms with Crippen LogP contribution in [0.2, 0.25) is 0 Å². The molecule has 0 bridgehead atoms. The summed E-state index contributed by atoms with van der Waals surface area (Å²) in [6, 6.07) is 16.1. The summed E-state index contributed by atoms with van der Waals surface area (Å²) in [7, 11) is 0. The van der Waals surface area contributed by atoms with Crippen LogP contribution in [0.25, 0.3) is 10.9 Å². The van der Waals surface area contributed by atoms with Crippen LogP contribution in [0.4, 0.5) is 0 Å². The van der Waals surface area contributed by atoms with Crippen LogP contribution in [-0.4, -0.2) is 4.98 Å². The fraction of sp³-hybridized carbons (Fsp3) is 0.0714. The summed E-state index contributed by atoms with van der Waals surface area (Å²) in [5.41, 5.74) is 8.12. The number of aromatic nitrogens is 1. The highest BCUT2D eigenvalue weighted by Crippen LogP contribution is 2.23. The Morgan fingerprint density at radius 1 is 1.00 bits per heavy atom. The van der Waals surface area contributed by atoms with Gasteiger partial charge in [-0.1, -0.05) is 30.3 Å². The maximum atomic E-state index is 6.20. The minimum Gasteiger partial charge on any atom is -0.318 e. The zero-order valence-corrected chi connectivity index (χ0v) is 11.2. The Hall–Kier alpha value is -1.42. The molecule has 3 rings (SSSR count). The van der Waals surface area contributed by atoms with Crippen molar-refractivity contribution in [1.82, 2.24) is 4.98 Å². The largest absolute Gasteiger partial charge is 0.318 e. The fourth-order valence-electron chi connectivity index (χ4n) is 1.87. The van der Waals surface area contributed by atoms with Gasteiger partial charge in [0.1, 0.15) is 0 Å². The number of hydrogen-bond acceptors (Lipinski definition) is 3. The van der Waals surface area contributed by atoms with E-state index in [1.807, 2.05) is 41.8 Å². The first-order valence-corrected chi connectivity index (χ1v) is 6.37. The third-order valence-electron chi connectivity index (χ3n) is 2.79. The van der Waals surface area contributed by atoms with E-state index in [1.165, 1.54) is 0 Å². The van der Waals surface area contributed by atoms with Crippen LogP contribution in [0, 0.1) is 0 Å². The summed E-state index contributed by atoms with van der Waals surface area (Å²) in [5, 5.41) is 3.19. The highest BCUT2D eigenvalue weighted by Gasteiger charge is 2.11. The summed E-state index contributed by atoms with van der Waals surface area (Å²) in [4.78, 5) is 5.76. The molecule has 0 spiro atoms. The van der Waals surface area contributed by atoms with E-state index in [9.17, 15) is 0 Å². The molecule has 92 valence electrons. The van der Waals surface area contributed by atoms with Gasteiger partial charge in [-0.15, -0.1) is 23.7 Å². The molecule has 0 amide bonds. The van der Waals surface area contributed by atoms with Gasteiger partial charge >= 0.3 is 0 Å². The fourth-order valence-corrected chi connectivity index (χ4v) is 2.61. The summed E-state index contributed by atoms with van der Waals surface area (Å²) < 4.78 is 0. The number of benzene rings is 1. The van der Waals surface area contributed by atoms with Crippen molar-refractivity contribution in [1.29, 1.82) is 0 Å². The Morgan fingerprint density at radius 3 is 2.61 bits per heavy atom. The Bertz CT molecular complexity index is 637. The molecular weight excluding hydrogens is 264 g/mol. The van der Waals surface area contributed by atoms with Gasteiger partial charge in [-0.3, -0.25) is 4.98 Å². The zero-order valence-electron chi connectivity index (χ0n) is 9.61.